The first-order valence-corrected chi connectivity index (χ1v) is 8.00. The molecule has 0 heterocycles. The standard InChI is InChI=1S/C10H19NO6S2/c1-7(12)18-8(5-6-19(14,15)16)11-9(13)17-10(2,3)4/h8H,5-6H2,1-4H3,(H,11,13)(H,14,15,16). The predicted octanol–water partition coefficient (Wildman–Crippen LogP) is 1.39. The molecule has 0 rings (SSSR count). The second kappa shape index (κ2) is 7.11. The minimum absolute atomic E-state index is 0.0949. The number of thioether (sulfide) groups is 1. The van der Waals surface area contributed by atoms with E-state index in [0.717, 1.165) is 11.8 Å². The van der Waals surface area contributed by atoms with Crippen molar-refractivity contribution in [3.8, 4) is 0 Å². The highest BCUT2D eigenvalue weighted by Crippen LogP contribution is 2.15. The second-order valence-corrected chi connectivity index (χ2v) is 7.77. The average molecular weight is 313 g/mol. The van der Waals surface area contributed by atoms with Crippen LogP contribution in [0.15, 0.2) is 0 Å². The number of alkyl carbamates (subject to hydrolysis) is 1. The Morgan fingerprint density at radius 3 is 2.26 bits per heavy atom. The largest absolute Gasteiger partial charge is 0.444 e. The van der Waals surface area contributed by atoms with E-state index in [2.05, 4.69) is 5.32 Å². The van der Waals surface area contributed by atoms with Gasteiger partial charge in [-0.2, -0.15) is 8.42 Å². The van der Waals surface area contributed by atoms with Crippen LogP contribution in [0.2, 0.25) is 0 Å². The molecule has 19 heavy (non-hydrogen) atoms. The van der Waals surface area contributed by atoms with Crippen LogP contribution in [0.5, 0.6) is 0 Å². The molecule has 7 nitrogen and oxygen atoms in total. The molecule has 2 N–H and O–H groups in total. The lowest BCUT2D eigenvalue weighted by atomic mass is 10.2. The predicted molar refractivity (Wildman–Crippen MR) is 72.5 cm³/mol. The summed E-state index contributed by atoms with van der Waals surface area (Å²) in [6.07, 6.45) is -0.843. The van der Waals surface area contributed by atoms with Gasteiger partial charge in [0.1, 0.15) is 5.60 Å². The van der Waals surface area contributed by atoms with Gasteiger partial charge in [-0.15, -0.1) is 0 Å². The third kappa shape index (κ3) is 12.0. The third-order valence-electron chi connectivity index (χ3n) is 1.62. The van der Waals surface area contributed by atoms with Gasteiger partial charge in [-0.3, -0.25) is 9.35 Å². The highest BCUT2D eigenvalue weighted by Gasteiger charge is 2.22. The van der Waals surface area contributed by atoms with Crippen molar-refractivity contribution in [2.45, 2.75) is 45.1 Å². The minimum Gasteiger partial charge on any atom is -0.444 e. The number of hydrogen-bond acceptors (Lipinski definition) is 6. The van der Waals surface area contributed by atoms with Crippen LogP contribution in [0.4, 0.5) is 4.79 Å². The molecule has 0 aliphatic rings. The normalized spacial score (nSPS) is 13.7. The fourth-order valence-electron chi connectivity index (χ4n) is 1.06. The van der Waals surface area contributed by atoms with E-state index >= 15 is 0 Å². The van der Waals surface area contributed by atoms with Crippen molar-refractivity contribution in [2.24, 2.45) is 0 Å². The molecule has 0 bridgehead atoms. The molecule has 0 aromatic heterocycles. The second-order valence-electron chi connectivity index (χ2n) is 4.82. The molecule has 0 aromatic rings. The smallest absolute Gasteiger partial charge is 0.408 e. The van der Waals surface area contributed by atoms with Crippen molar-refractivity contribution in [1.82, 2.24) is 5.32 Å². The van der Waals surface area contributed by atoms with Crippen molar-refractivity contribution >= 4 is 33.1 Å². The number of amides is 1. The minimum atomic E-state index is -4.14. The number of rotatable bonds is 5. The maximum atomic E-state index is 11.5. The molecule has 0 saturated carbocycles. The summed E-state index contributed by atoms with van der Waals surface area (Å²) in [4.78, 5) is 22.5. The van der Waals surface area contributed by atoms with Gasteiger partial charge in [0, 0.05) is 6.92 Å². The van der Waals surface area contributed by atoms with Crippen LogP contribution < -0.4 is 5.32 Å². The van der Waals surface area contributed by atoms with E-state index in [0.29, 0.717) is 0 Å². The van der Waals surface area contributed by atoms with E-state index in [1.807, 2.05) is 0 Å². The fraction of sp³-hybridized carbons (Fsp3) is 0.800. The molecule has 0 fully saturated rings. The Labute approximate surface area is 117 Å². The zero-order chi connectivity index (χ0) is 15.3. The first-order chi connectivity index (χ1) is 8.39. The van der Waals surface area contributed by atoms with Gasteiger partial charge in [0.25, 0.3) is 10.1 Å². The summed E-state index contributed by atoms with van der Waals surface area (Å²) in [5.74, 6) is -0.548. The quantitative estimate of drug-likeness (QED) is 0.583. The molecule has 1 amide bonds. The van der Waals surface area contributed by atoms with Crippen LogP contribution >= 0.6 is 11.8 Å². The number of hydrogen-bond donors (Lipinski definition) is 2. The van der Waals surface area contributed by atoms with Crippen molar-refractivity contribution in [1.29, 1.82) is 0 Å². The Balaban J connectivity index is 4.51. The summed E-state index contributed by atoms with van der Waals surface area (Å²) in [6, 6.07) is 0. The average Bonchev–Trinajstić information content (AvgIpc) is 2.08. The van der Waals surface area contributed by atoms with Gasteiger partial charge >= 0.3 is 6.09 Å². The lowest BCUT2D eigenvalue weighted by Gasteiger charge is -2.22. The summed E-state index contributed by atoms with van der Waals surface area (Å²) in [6.45, 7) is 6.33. The highest BCUT2D eigenvalue weighted by atomic mass is 32.2. The molecule has 0 spiro atoms. The Morgan fingerprint density at radius 2 is 1.89 bits per heavy atom. The number of carbonyl (C=O) groups is 2. The number of ether oxygens (including phenoxy) is 1. The zero-order valence-electron chi connectivity index (χ0n) is 11.3. The summed E-state index contributed by atoms with van der Waals surface area (Å²) in [5.41, 5.74) is -0.696. The molecule has 1 atom stereocenters. The molecule has 0 aliphatic heterocycles. The Morgan fingerprint density at radius 1 is 1.37 bits per heavy atom. The van der Waals surface area contributed by atoms with Crippen LogP contribution in [-0.2, 0) is 19.6 Å². The Kier molecular flexibility index (Phi) is 6.81. The van der Waals surface area contributed by atoms with Crippen molar-refractivity contribution in [3.63, 3.8) is 0 Å². The summed E-state index contributed by atoms with van der Waals surface area (Å²) < 4.78 is 35.0. The monoisotopic (exact) mass is 313 g/mol. The van der Waals surface area contributed by atoms with E-state index in [9.17, 15) is 18.0 Å². The molecule has 9 heteroatoms. The lowest BCUT2D eigenvalue weighted by Crippen LogP contribution is -2.38. The summed E-state index contributed by atoms with van der Waals surface area (Å²) >= 11 is 0.768. The SMILES string of the molecule is CC(=O)SC(CCS(=O)(=O)O)NC(=O)OC(C)(C)C. The first kappa shape index (κ1) is 18.2. The topological polar surface area (TPSA) is 110 Å². The van der Waals surface area contributed by atoms with E-state index in [-0.39, 0.29) is 11.5 Å². The fourth-order valence-corrected chi connectivity index (χ4v) is 2.53. The van der Waals surface area contributed by atoms with Gasteiger partial charge in [0.15, 0.2) is 5.12 Å². The molecular formula is C10H19NO6S2. The van der Waals surface area contributed by atoms with Crippen molar-refractivity contribution in [2.75, 3.05) is 5.75 Å². The van der Waals surface area contributed by atoms with Crippen LogP contribution in [-0.4, -0.2) is 40.9 Å². The maximum absolute atomic E-state index is 11.5. The molecular weight excluding hydrogens is 294 g/mol. The van der Waals surface area contributed by atoms with Crippen molar-refractivity contribution < 1.29 is 27.3 Å². The van der Waals surface area contributed by atoms with Gasteiger partial charge in [-0.25, -0.2) is 4.79 Å². The molecule has 0 saturated heterocycles. The van der Waals surface area contributed by atoms with Gasteiger partial charge in [0.05, 0.1) is 11.1 Å². The van der Waals surface area contributed by atoms with Crippen LogP contribution in [0.3, 0.4) is 0 Å². The third-order valence-corrected chi connectivity index (χ3v) is 3.35. The van der Waals surface area contributed by atoms with Crippen LogP contribution in [0.25, 0.3) is 0 Å². The van der Waals surface area contributed by atoms with Crippen molar-refractivity contribution in [3.05, 3.63) is 0 Å². The first-order valence-electron chi connectivity index (χ1n) is 5.51. The van der Waals surface area contributed by atoms with E-state index < -0.39 is 32.9 Å². The summed E-state index contributed by atoms with van der Waals surface area (Å²) in [5, 5.41) is 1.33. The molecule has 0 aromatic carbocycles. The number of carbonyl (C=O) groups excluding carboxylic acids is 2. The lowest BCUT2D eigenvalue weighted by molar-refractivity contribution is -0.109. The summed E-state index contributed by atoms with van der Waals surface area (Å²) in [7, 11) is -4.14. The van der Waals surface area contributed by atoms with Crippen LogP contribution in [0.1, 0.15) is 34.1 Å². The Bertz CT molecular complexity index is 426. The van der Waals surface area contributed by atoms with E-state index in [1.54, 1.807) is 20.8 Å². The van der Waals surface area contributed by atoms with E-state index in [4.69, 9.17) is 9.29 Å². The zero-order valence-corrected chi connectivity index (χ0v) is 12.9. The highest BCUT2D eigenvalue weighted by molar-refractivity contribution is 8.14. The van der Waals surface area contributed by atoms with E-state index in [1.165, 1.54) is 6.92 Å². The van der Waals surface area contributed by atoms with Gasteiger partial charge < -0.3 is 10.1 Å². The molecule has 1 unspecified atom stereocenters. The number of nitrogens with one attached hydrogen (secondary N) is 1. The van der Waals surface area contributed by atoms with Gasteiger partial charge in [0.2, 0.25) is 0 Å². The Hall–Kier alpha value is -0.800. The van der Waals surface area contributed by atoms with Gasteiger partial charge in [-0.05, 0) is 27.2 Å². The molecule has 0 aliphatic carbocycles. The van der Waals surface area contributed by atoms with Gasteiger partial charge in [-0.1, -0.05) is 11.8 Å². The maximum Gasteiger partial charge on any atom is 0.408 e. The molecule has 0 radical (unpaired) electrons. The van der Waals surface area contributed by atoms with Crippen LogP contribution in [0, 0.1) is 0 Å². The molecule has 112 valence electrons.